The van der Waals surface area contributed by atoms with E-state index in [1.807, 2.05) is 24.3 Å². The second kappa shape index (κ2) is 6.83. The fourth-order valence-electron chi connectivity index (χ4n) is 2.88. The molecule has 1 aliphatic heterocycles. The Morgan fingerprint density at radius 1 is 1.23 bits per heavy atom. The highest BCUT2D eigenvalue weighted by molar-refractivity contribution is 6.33. The molecule has 2 aromatic carbocycles. The van der Waals surface area contributed by atoms with Gasteiger partial charge in [-0.15, -0.1) is 0 Å². The second-order valence-electron chi connectivity index (χ2n) is 5.51. The summed E-state index contributed by atoms with van der Waals surface area (Å²) in [6, 6.07) is 16.6. The minimum Gasteiger partial charge on any atom is -0.363 e. The summed E-state index contributed by atoms with van der Waals surface area (Å²) < 4.78 is 0. The van der Waals surface area contributed by atoms with Crippen LogP contribution in [-0.4, -0.2) is 19.1 Å². The van der Waals surface area contributed by atoms with Gasteiger partial charge in [0.05, 0.1) is 6.57 Å². The second-order valence-corrected chi connectivity index (χ2v) is 5.91. The zero-order valence-corrected chi connectivity index (χ0v) is 13.1. The maximum Gasteiger partial charge on any atom is 0.205 e. The van der Waals surface area contributed by atoms with Crippen molar-refractivity contribution in [3.8, 4) is 0 Å². The lowest BCUT2D eigenvalue weighted by Gasteiger charge is -2.31. The number of hydrogen-bond donors (Lipinski definition) is 1. The predicted molar refractivity (Wildman–Crippen MR) is 91.6 cm³/mol. The summed E-state index contributed by atoms with van der Waals surface area (Å²) in [5, 5.41) is 3.95. The van der Waals surface area contributed by atoms with Crippen LogP contribution in [0.15, 0.2) is 48.5 Å². The van der Waals surface area contributed by atoms with E-state index in [0.717, 1.165) is 31.7 Å². The molecule has 0 saturated carbocycles. The van der Waals surface area contributed by atoms with Crippen molar-refractivity contribution >= 4 is 23.0 Å². The van der Waals surface area contributed by atoms with Gasteiger partial charge in [-0.05, 0) is 30.7 Å². The number of halogens is 1. The van der Waals surface area contributed by atoms with Gasteiger partial charge in [0.2, 0.25) is 5.69 Å². The van der Waals surface area contributed by atoms with E-state index in [9.17, 15) is 0 Å². The maximum absolute atomic E-state index is 7.13. The van der Waals surface area contributed by atoms with Gasteiger partial charge in [0, 0.05) is 29.8 Å². The van der Waals surface area contributed by atoms with Crippen molar-refractivity contribution in [1.82, 2.24) is 5.32 Å². The molecule has 0 radical (unpaired) electrons. The molecule has 3 rings (SSSR count). The van der Waals surface area contributed by atoms with Crippen LogP contribution >= 0.6 is 11.6 Å². The first kappa shape index (κ1) is 14.9. The summed E-state index contributed by atoms with van der Waals surface area (Å²) in [6.45, 7) is 10.0. The van der Waals surface area contributed by atoms with Gasteiger partial charge in [0.1, 0.15) is 0 Å². The summed E-state index contributed by atoms with van der Waals surface area (Å²) in [5.41, 5.74) is 2.87. The number of anilines is 1. The topological polar surface area (TPSA) is 19.6 Å². The standard InChI is InChI=1S/C18H18ClN3/c1-20-18-8-7-15(11-17(18)19)22(16-9-10-21-12-16)13-14-5-3-2-4-6-14/h2-8,11,16,21H,9-10,12-13H2/t16-/m0/s1. The van der Waals surface area contributed by atoms with Crippen LogP contribution in [0.1, 0.15) is 12.0 Å². The van der Waals surface area contributed by atoms with E-state index < -0.39 is 0 Å². The molecule has 0 unspecified atom stereocenters. The normalized spacial score (nSPS) is 17.2. The summed E-state index contributed by atoms with van der Waals surface area (Å²) in [6.07, 6.45) is 1.12. The fourth-order valence-corrected chi connectivity index (χ4v) is 3.10. The van der Waals surface area contributed by atoms with Gasteiger partial charge in [0.25, 0.3) is 0 Å². The lowest BCUT2D eigenvalue weighted by atomic mass is 10.1. The number of nitrogens with zero attached hydrogens (tertiary/aromatic N) is 2. The molecule has 112 valence electrons. The van der Waals surface area contributed by atoms with Crippen LogP contribution in [0.5, 0.6) is 0 Å². The number of nitrogens with one attached hydrogen (secondary N) is 1. The van der Waals surface area contributed by atoms with Crippen LogP contribution in [0.2, 0.25) is 5.02 Å². The molecule has 1 atom stereocenters. The van der Waals surface area contributed by atoms with Crippen molar-refractivity contribution in [3.63, 3.8) is 0 Å². The number of rotatable bonds is 4. The Labute approximate surface area is 136 Å². The average molecular weight is 312 g/mol. The van der Waals surface area contributed by atoms with Crippen molar-refractivity contribution in [2.75, 3.05) is 18.0 Å². The highest BCUT2D eigenvalue weighted by Crippen LogP contribution is 2.32. The van der Waals surface area contributed by atoms with Crippen LogP contribution < -0.4 is 10.2 Å². The minimum absolute atomic E-state index is 0.454. The summed E-state index contributed by atoms with van der Waals surface area (Å²) in [7, 11) is 0. The van der Waals surface area contributed by atoms with Gasteiger partial charge >= 0.3 is 0 Å². The van der Waals surface area contributed by atoms with Crippen LogP contribution in [0, 0.1) is 6.57 Å². The van der Waals surface area contributed by atoms with Gasteiger partial charge in [0.15, 0.2) is 0 Å². The van der Waals surface area contributed by atoms with Gasteiger partial charge in [-0.2, -0.15) is 0 Å². The lowest BCUT2D eigenvalue weighted by Crippen LogP contribution is -2.36. The van der Waals surface area contributed by atoms with Crippen molar-refractivity contribution in [2.45, 2.75) is 19.0 Å². The highest BCUT2D eigenvalue weighted by atomic mass is 35.5. The summed E-state index contributed by atoms with van der Waals surface area (Å²) >= 11 is 6.23. The molecule has 0 aliphatic carbocycles. The van der Waals surface area contributed by atoms with E-state index in [1.165, 1.54) is 5.56 Å². The summed E-state index contributed by atoms with van der Waals surface area (Å²) in [4.78, 5) is 5.82. The van der Waals surface area contributed by atoms with Crippen LogP contribution in [0.4, 0.5) is 11.4 Å². The van der Waals surface area contributed by atoms with Crippen LogP contribution in [-0.2, 0) is 6.54 Å². The molecular formula is C18H18ClN3. The average Bonchev–Trinajstić information content (AvgIpc) is 3.08. The summed E-state index contributed by atoms with van der Waals surface area (Å²) in [5.74, 6) is 0. The third kappa shape index (κ3) is 3.24. The molecule has 1 heterocycles. The largest absolute Gasteiger partial charge is 0.363 e. The zero-order chi connectivity index (χ0) is 15.4. The molecule has 0 bridgehead atoms. The lowest BCUT2D eigenvalue weighted by molar-refractivity contribution is 0.631. The van der Waals surface area contributed by atoms with Crippen molar-refractivity contribution in [2.24, 2.45) is 0 Å². The van der Waals surface area contributed by atoms with Crippen LogP contribution in [0.3, 0.4) is 0 Å². The third-order valence-corrected chi connectivity index (χ3v) is 4.36. The van der Waals surface area contributed by atoms with Gasteiger partial charge in [-0.1, -0.05) is 48.0 Å². The first-order valence-electron chi connectivity index (χ1n) is 7.46. The molecule has 0 amide bonds. The van der Waals surface area contributed by atoms with Gasteiger partial charge in [-0.3, -0.25) is 0 Å². The van der Waals surface area contributed by atoms with Crippen LogP contribution in [0.25, 0.3) is 4.85 Å². The minimum atomic E-state index is 0.454. The molecule has 0 aromatic heterocycles. The number of benzene rings is 2. The number of hydrogen-bond acceptors (Lipinski definition) is 2. The Morgan fingerprint density at radius 3 is 2.68 bits per heavy atom. The molecular weight excluding hydrogens is 294 g/mol. The van der Waals surface area contributed by atoms with Crippen molar-refractivity contribution < 1.29 is 0 Å². The molecule has 0 spiro atoms. The molecule has 22 heavy (non-hydrogen) atoms. The quantitative estimate of drug-likeness (QED) is 0.851. The van der Waals surface area contributed by atoms with E-state index in [-0.39, 0.29) is 0 Å². The Kier molecular flexibility index (Phi) is 4.62. The van der Waals surface area contributed by atoms with Crippen molar-refractivity contribution in [1.29, 1.82) is 0 Å². The molecule has 1 fully saturated rings. The SMILES string of the molecule is [C-]#[N+]c1ccc(N(Cc2ccccc2)[C@H]2CCNC2)cc1Cl. The maximum atomic E-state index is 7.13. The zero-order valence-electron chi connectivity index (χ0n) is 12.3. The van der Waals surface area contributed by atoms with E-state index in [1.54, 1.807) is 0 Å². The van der Waals surface area contributed by atoms with E-state index in [0.29, 0.717) is 16.8 Å². The monoisotopic (exact) mass is 311 g/mol. The van der Waals surface area contributed by atoms with E-state index in [2.05, 4.69) is 39.3 Å². The van der Waals surface area contributed by atoms with Gasteiger partial charge < -0.3 is 10.2 Å². The Hall–Kier alpha value is -2.02. The third-order valence-electron chi connectivity index (χ3n) is 4.05. The highest BCUT2D eigenvalue weighted by Gasteiger charge is 2.23. The molecule has 4 heteroatoms. The smallest absolute Gasteiger partial charge is 0.205 e. The first-order chi connectivity index (χ1) is 10.8. The molecule has 2 aromatic rings. The van der Waals surface area contributed by atoms with E-state index in [4.69, 9.17) is 18.2 Å². The van der Waals surface area contributed by atoms with E-state index >= 15 is 0 Å². The molecule has 1 N–H and O–H groups in total. The molecule has 1 saturated heterocycles. The Bertz CT molecular complexity index is 672. The molecule has 1 aliphatic rings. The first-order valence-corrected chi connectivity index (χ1v) is 7.84. The van der Waals surface area contributed by atoms with Gasteiger partial charge in [-0.25, -0.2) is 4.85 Å². The fraction of sp³-hybridized carbons (Fsp3) is 0.278. The van der Waals surface area contributed by atoms with Crippen molar-refractivity contribution in [3.05, 3.63) is 70.5 Å². The molecule has 3 nitrogen and oxygen atoms in total. The predicted octanol–water partition coefficient (Wildman–Crippen LogP) is 4.26. The Balaban J connectivity index is 1.91. The Morgan fingerprint density at radius 2 is 2.05 bits per heavy atom.